The molecule has 2 aromatic carbocycles. The molecule has 3 heterocycles. The van der Waals surface area contributed by atoms with Crippen molar-refractivity contribution in [3.8, 4) is 34.7 Å². The Morgan fingerprint density at radius 2 is 1.93 bits per heavy atom. The number of hydrogen-bond donors (Lipinski definition) is 2. The molecule has 0 spiro atoms. The van der Waals surface area contributed by atoms with E-state index in [4.69, 9.17) is 43.1 Å². The second-order valence-corrected chi connectivity index (χ2v) is 7.30. The molecule has 9 heteroatoms. The molecule has 29 heavy (non-hydrogen) atoms. The fourth-order valence-corrected chi connectivity index (χ4v) is 3.84. The number of halogens is 2. The molecule has 0 saturated heterocycles. The maximum absolute atomic E-state index is 9.80. The van der Waals surface area contributed by atoms with Gasteiger partial charge in [0.05, 0.1) is 27.2 Å². The Kier molecular flexibility index (Phi) is 4.05. The largest absolute Gasteiger partial charge is 0.454 e. The number of nitrogens with two attached hydrogens (primary N) is 1. The van der Waals surface area contributed by atoms with Crippen molar-refractivity contribution in [3.05, 3.63) is 69.0 Å². The smallest absolute Gasteiger partial charge is 0.244 e. The third-order valence-electron chi connectivity index (χ3n) is 4.88. The number of aromatic amines is 1. The molecule has 0 aliphatic carbocycles. The first kappa shape index (κ1) is 17.7. The number of aromatic nitrogens is 2. The number of hydrogen-bond acceptors (Lipinski definition) is 6. The van der Waals surface area contributed by atoms with Crippen LogP contribution in [0.15, 0.2) is 47.9 Å². The summed E-state index contributed by atoms with van der Waals surface area (Å²) in [5, 5.41) is 17.9. The second kappa shape index (κ2) is 6.62. The van der Waals surface area contributed by atoms with Gasteiger partial charge in [0.2, 0.25) is 18.6 Å². The van der Waals surface area contributed by atoms with E-state index < -0.39 is 5.92 Å². The summed E-state index contributed by atoms with van der Waals surface area (Å²) < 4.78 is 16.5. The summed E-state index contributed by atoms with van der Waals surface area (Å²) in [5.41, 5.74) is 9.17. The van der Waals surface area contributed by atoms with Crippen molar-refractivity contribution < 1.29 is 14.2 Å². The van der Waals surface area contributed by atoms with Crippen molar-refractivity contribution >= 4 is 23.2 Å². The van der Waals surface area contributed by atoms with Gasteiger partial charge in [-0.3, -0.25) is 5.10 Å². The van der Waals surface area contributed by atoms with Gasteiger partial charge < -0.3 is 19.9 Å². The average Bonchev–Trinajstić information content (AvgIpc) is 3.35. The van der Waals surface area contributed by atoms with Gasteiger partial charge in [0.15, 0.2) is 11.5 Å². The first-order valence-corrected chi connectivity index (χ1v) is 9.33. The highest BCUT2D eigenvalue weighted by atomic mass is 35.5. The minimum Gasteiger partial charge on any atom is -0.454 e. The normalized spacial score (nSPS) is 16.9. The van der Waals surface area contributed by atoms with Gasteiger partial charge in [-0.15, -0.1) is 5.10 Å². The topological polar surface area (TPSA) is 106 Å². The summed E-state index contributed by atoms with van der Waals surface area (Å²) in [6, 6.07) is 12.9. The Balaban J connectivity index is 1.72. The van der Waals surface area contributed by atoms with Crippen molar-refractivity contribution in [3.63, 3.8) is 0 Å². The van der Waals surface area contributed by atoms with Crippen LogP contribution in [0, 0.1) is 11.3 Å². The van der Waals surface area contributed by atoms with E-state index in [-0.39, 0.29) is 18.2 Å². The molecule has 1 atom stereocenters. The van der Waals surface area contributed by atoms with Crippen LogP contribution in [0.2, 0.25) is 10.0 Å². The molecule has 0 bridgehead atoms. The van der Waals surface area contributed by atoms with Crippen LogP contribution in [0.5, 0.6) is 17.4 Å². The third-order valence-corrected chi connectivity index (χ3v) is 5.62. The quantitative estimate of drug-likeness (QED) is 0.631. The van der Waals surface area contributed by atoms with E-state index in [9.17, 15) is 5.26 Å². The van der Waals surface area contributed by atoms with Crippen LogP contribution in [0.3, 0.4) is 0 Å². The maximum Gasteiger partial charge on any atom is 0.244 e. The van der Waals surface area contributed by atoms with E-state index in [1.807, 2.05) is 18.2 Å². The number of benzene rings is 2. The van der Waals surface area contributed by atoms with Crippen molar-refractivity contribution in [2.24, 2.45) is 5.73 Å². The number of rotatable bonds is 2. The van der Waals surface area contributed by atoms with Gasteiger partial charge in [-0.2, -0.15) is 5.26 Å². The van der Waals surface area contributed by atoms with Crippen molar-refractivity contribution in [2.75, 3.05) is 6.79 Å². The second-order valence-electron chi connectivity index (χ2n) is 6.48. The van der Waals surface area contributed by atoms with Crippen molar-refractivity contribution in [1.82, 2.24) is 10.2 Å². The lowest BCUT2D eigenvalue weighted by atomic mass is 9.83. The first-order valence-electron chi connectivity index (χ1n) is 8.57. The fourth-order valence-electron chi connectivity index (χ4n) is 3.54. The molecule has 3 N–H and O–H groups in total. The van der Waals surface area contributed by atoms with Gasteiger partial charge >= 0.3 is 0 Å². The van der Waals surface area contributed by atoms with Gasteiger partial charge in [0.25, 0.3) is 0 Å². The lowest BCUT2D eigenvalue weighted by molar-refractivity contribution is 0.174. The van der Waals surface area contributed by atoms with Gasteiger partial charge in [0, 0.05) is 5.56 Å². The summed E-state index contributed by atoms with van der Waals surface area (Å²) in [6.45, 7) is 0.154. The maximum atomic E-state index is 9.80. The zero-order valence-electron chi connectivity index (χ0n) is 14.7. The summed E-state index contributed by atoms with van der Waals surface area (Å²) in [4.78, 5) is 0. The standard InChI is InChI=1S/C20H12Cl2N4O3/c21-12-3-1-10(5-13(12)22)18-17-16(9-2-4-14-15(6-9)28-8-27-14)11(7-23)19(24)29-20(17)26-25-18/h1-6,16H,8,24H2,(H,25,26)/t16-/m0/s1. The number of nitriles is 1. The molecule has 7 nitrogen and oxygen atoms in total. The molecule has 0 amide bonds. The number of fused-ring (bicyclic) bond motifs is 2. The Bertz CT molecular complexity index is 1230. The molecule has 2 aliphatic rings. The number of nitrogens with one attached hydrogen (secondary N) is 1. The minimum atomic E-state index is -0.513. The van der Waals surface area contributed by atoms with Crippen LogP contribution < -0.4 is 19.9 Å². The predicted octanol–water partition coefficient (Wildman–Crippen LogP) is 4.33. The SMILES string of the molecule is N#CC1=C(N)Oc2n[nH]c(-c3ccc(Cl)c(Cl)c3)c2[C@H]1c1ccc2c(c1)OCO2. The zero-order chi connectivity index (χ0) is 20.1. The fraction of sp³-hybridized carbons (Fsp3) is 0.100. The molecule has 0 radical (unpaired) electrons. The van der Waals surface area contributed by atoms with Gasteiger partial charge in [-0.25, -0.2) is 0 Å². The molecule has 0 unspecified atom stereocenters. The van der Waals surface area contributed by atoms with Crippen LogP contribution in [0.25, 0.3) is 11.3 Å². The van der Waals surface area contributed by atoms with Crippen molar-refractivity contribution in [1.29, 1.82) is 5.26 Å². The number of allylic oxidation sites excluding steroid dienone is 1. The van der Waals surface area contributed by atoms with Gasteiger partial charge in [-0.05, 0) is 29.8 Å². The zero-order valence-corrected chi connectivity index (χ0v) is 16.2. The summed E-state index contributed by atoms with van der Waals surface area (Å²) in [6.07, 6.45) is 0. The van der Waals surface area contributed by atoms with Gasteiger partial charge in [-0.1, -0.05) is 35.3 Å². The van der Waals surface area contributed by atoms with Crippen LogP contribution in [0.4, 0.5) is 0 Å². The predicted molar refractivity (Wildman–Crippen MR) is 106 cm³/mol. The van der Waals surface area contributed by atoms with Crippen molar-refractivity contribution in [2.45, 2.75) is 5.92 Å². The lowest BCUT2D eigenvalue weighted by Gasteiger charge is -2.24. The lowest BCUT2D eigenvalue weighted by Crippen LogP contribution is -2.21. The first-order chi connectivity index (χ1) is 14.1. The van der Waals surface area contributed by atoms with Gasteiger partial charge in [0.1, 0.15) is 11.6 Å². The number of H-pyrrole nitrogens is 1. The Labute approximate surface area is 175 Å². The molecule has 5 rings (SSSR count). The number of nitrogens with zero attached hydrogens (tertiary/aromatic N) is 2. The molecule has 0 fully saturated rings. The molecule has 0 saturated carbocycles. The average molecular weight is 427 g/mol. The Morgan fingerprint density at radius 3 is 2.72 bits per heavy atom. The highest BCUT2D eigenvalue weighted by Gasteiger charge is 2.36. The molecule has 144 valence electrons. The van der Waals surface area contributed by atoms with E-state index in [0.717, 1.165) is 11.1 Å². The number of ether oxygens (including phenoxy) is 3. The van der Waals surface area contributed by atoms with E-state index >= 15 is 0 Å². The van der Waals surface area contributed by atoms with E-state index in [1.165, 1.54) is 0 Å². The summed E-state index contributed by atoms with van der Waals surface area (Å²) >= 11 is 12.3. The highest BCUT2D eigenvalue weighted by Crippen LogP contribution is 2.47. The van der Waals surface area contributed by atoms with Crippen LogP contribution in [0.1, 0.15) is 17.0 Å². The Hall–Kier alpha value is -3.34. The summed E-state index contributed by atoms with van der Waals surface area (Å²) in [5.74, 6) is 1.04. The molecular formula is C20H12Cl2N4O3. The molecule has 2 aliphatic heterocycles. The van der Waals surface area contributed by atoms with Crippen LogP contribution in [-0.2, 0) is 0 Å². The molecular weight excluding hydrogens is 415 g/mol. The van der Waals surface area contributed by atoms with E-state index in [1.54, 1.807) is 18.2 Å². The van der Waals surface area contributed by atoms with Crippen LogP contribution >= 0.6 is 23.2 Å². The summed E-state index contributed by atoms with van der Waals surface area (Å²) in [7, 11) is 0. The van der Waals surface area contributed by atoms with Crippen LogP contribution in [-0.4, -0.2) is 17.0 Å². The van der Waals surface area contributed by atoms with E-state index in [0.29, 0.717) is 38.7 Å². The third kappa shape index (κ3) is 2.77. The molecule has 3 aromatic rings. The highest BCUT2D eigenvalue weighted by molar-refractivity contribution is 6.42. The van der Waals surface area contributed by atoms with E-state index in [2.05, 4.69) is 16.3 Å². The monoisotopic (exact) mass is 426 g/mol. The Morgan fingerprint density at radius 1 is 1.10 bits per heavy atom. The minimum absolute atomic E-state index is 0.00913. The molecule has 1 aromatic heterocycles.